The number of ether oxygens (including phenoxy) is 1. The maximum atomic E-state index is 6.10. The van der Waals surface area contributed by atoms with Crippen LogP contribution in [0.15, 0.2) is 6.20 Å². The Morgan fingerprint density at radius 1 is 1.75 bits per heavy atom. The van der Waals surface area contributed by atoms with Crippen molar-refractivity contribution in [3.8, 4) is 0 Å². The molecule has 92 valence electrons. The van der Waals surface area contributed by atoms with E-state index in [-0.39, 0.29) is 6.04 Å². The Morgan fingerprint density at radius 2 is 2.50 bits per heavy atom. The molecular weight excluding hydrogens is 248 g/mol. The molecule has 0 bridgehead atoms. The normalized spacial score (nSPS) is 13.0. The second-order valence-electron chi connectivity index (χ2n) is 3.27. The maximum absolute atomic E-state index is 6.10. The van der Waals surface area contributed by atoms with Gasteiger partial charge in [0, 0.05) is 12.9 Å². The van der Waals surface area contributed by atoms with Gasteiger partial charge in [-0.2, -0.15) is 16.9 Å². The first-order chi connectivity index (χ1) is 7.74. The number of aromatic nitrogens is 2. The Bertz CT molecular complexity index is 320. The van der Waals surface area contributed by atoms with Gasteiger partial charge in [0.1, 0.15) is 0 Å². The molecule has 0 aliphatic heterocycles. The van der Waals surface area contributed by atoms with Crippen LogP contribution in [0.1, 0.15) is 11.7 Å². The van der Waals surface area contributed by atoms with E-state index >= 15 is 0 Å². The molecule has 1 heterocycles. The lowest BCUT2D eigenvalue weighted by Crippen LogP contribution is -2.32. The molecule has 3 N–H and O–H groups in total. The van der Waals surface area contributed by atoms with E-state index in [0.717, 1.165) is 11.4 Å². The molecule has 0 spiro atoms. The molecule has 0 saturated carbocycles. The fraction of sp³-hybridized carbons (Fsp3) is 0.667. The number of hydrazine groups is 1. The van der Waals surface area contributed by atoms with Crippen molar-refractivity contribution >= 4 is 23.4 Å². The minimum Gasteiger partial charge on any atom is -0.383 e. The molecule has 7 heteroatoms. The van der Waals surface area contributed by atoms with Gasteiger partial charge in [-0.05, 0) is 6.26 Å². The monoisotopic (exact) mass is 264 g/mol. The minimum atomic E-state index is 0.00172. The Labute approximate surface area is 105 Å². The lowest BCUT2D eigenvalue weighted by molar-refractivity contribution is 0.182. The van der Waals surface area contributed by atoms with E-state index in [1.807, 2.05) is 10.9 Å². The van der Waals surface area contributed by atoms with Crippen molar-refractivity contribution in [2.45, 2.75) is 12.6 Å². The summed E-state index contributed by atoms with van der Waals surface area (Å²) in [5.74, 6) is 6.36. The summed E-state index contributed by atoms with van der Waals surface area (Å²) in [7, 11) is 1.66. The van der Waals surface area contributed by atoms with E-state index in [0.29, 0.717) is 18.2 Å². The average molecular weight is 265 g/mol. The molecule has 0 amide bonds. The highest BCUT2D eigenvalue weighted by Gasteiger charge is 2.18. The van der Waals surface area contributed by atoms with Crippen LogP contribution in [-0.2, 0) is 11.3 Å². The number of rotatable bonds is 7. The summed E-state index contributed by atoms with van der Waals surface area (Å²) in [5, 5.41) is 4.84. The van der Waals surface area contributed by atoms with Crippen molar-refractivity contribution in [3.63, 3.8) is 0 Å². The predicted octanol–water partition coefficient (Wildman–Crippen LogP) is 1.05. The standard InChI is InChI=1S/C9H17ClN4OS/c1-15-4-3-14-9(7(10)5-12-14)8(13-11)6-16-2/h5,8,13H,3-4,6,11H2,1-2H3. The third kappa shape index (κ3) is 3.36. The van der Waals surface area contributed by atoms with Gasteiger partial charge in [0.25, 0.3) is 0 Å². The van der Waals surface area contributed by atoms with Gasteiger partial charge in [-0.15, -0.1) is 0 Å². The highest BCUT2D eigenvalue weighted by Crippen LogP contribution is 2.24. The molecular formula is C9H17ClN4OS. The summed E-state index contributed by atoms with van der Waals surface area (Å²) < 4.78 is 6.85. The van der Waals surface area contributed by atoms with Gasteiger partial charge in [-0.25, -0.2) is 0 Å². The van der Waals surface area contributed by atoms with E-state index in [2.05, 4.69) is 10.5 Å². The van der Waals surface area contributed by atoms with Crippen molar-refractivity contribution in [3.05, 3.63) is 16.9 Å². The van der Waals surface area contributed by atoms with Crippen LogP contribution in [0.4, 0.5) is 0 Å². The minimum absolute atomic E-state index is 0.00172. The van der Waals surface area contributed by atoms with Crippen LogP contribution in [0.2, 0.25) is 5.02 Å². The topological polar surface area (TPSA) is 65.1 Å². The number of thioether (sulfide) groups is 1. The molecule has 0 aliphatic rings. The molecule has 1 atom stereocenters. The predicted molar refractivity (Wildman–Crippen MR) is 67.6 cm³/mol. The zero-order valence-electron chi connectivity index (χ0n) is 9.44. The molecule has 0 radical (unpaired) electrons. The van der Waals surface area contributed by atoms with E-state index < -0.39 is 0 Å². The molecule has 1 unspecified atom stereocenters. The lowest BCUT2D eigenvalue weighted by Gasteiger charge is -2.17. The average Bonchev–Trinajstić information content (AvgIpc) is 2.65. The van der Waals surface area contributed by atoms with Crippen LogP contribution in [0, 0.1) is 0 Å². The summed E-state index contributed by atoms with van der Waals surface area (Å²) in [6.45, 7) is 1.27. The molecule has 1 aromatic heterocycles. The van der Waals surface area contributed by atoms with Crippen molar-refractivity contribution in [1.82, 2.24) is 15.2 Å². The number of nitrogens with two attached hydrogens (primary N) is 1. The van der Waals surface area contributed by atoms with Crippen LogP contribution in [0.25, 0.3) is 0 Å². The van der Waals surface area contributed by atoms with Crippen LogP contribution < -0.4 is 11.3 Å². The Kier molecular flexibility index (Phi) is 6.15. The van der Waals surface area contributed by atoms with Gasteiger partial charge >= 0.3 is 0 Å². The molecule has 1 aromatic rings. The largest absolute Gasteiger partial charge is 0.383 e. The molecule has 0 aliphatic carbocycles. The SMILES string of the molecule is COCCn1ncc(Cl)c1C(CSC)NN. The van der Waals surface area contributed by atoms with Crippen LogP contribution >= 0.6 is 23.4 Å². The molecule has 1 rings (SSSR count). The fourth-order valence-corrected chi connectivity index (χ4v) is 2.31. The van der Waals surface area contributed by atoms with Crippen LogP contribution in [-0.4, -0.2) is 35.5 Å². The summed E-state index contributed by atoms with van der Waals surface area (Å²) in [4.78, 5) is 0. The number of nitrogens with zero attached hydrogens (tertiary/aromatic N) is 2. The van der Waals surface area contributed by atoms with E-state index in [1.165, 1.54) is 0 Å². The number of hydrogen-bond acceptors (Lipinski definition) is 5. The first-order valence-corrected chi connectivity index (χ1v) is 6.67. The Morgan fingerprint density at radius 3 is 3.06 bits per heavy atom. The highest BCUT2D eigenvalue weighted by molar-refractivity contribution is 7.98. The van der Waals surface area contributed by atoms with Gasteiger partial charge in [0.2, 0.25) is 0 Å². The van der Waals surface area contributed by atoms with Gasteiger partial charge in [-0.3, -0.25) is 16.0 Å². The van der Waals surface area contributed by atoms with Crippen LogP contribution in [0.3, 0.4) is 0 Å². The van der Waals surface area contributed by atoms with Crippen molar-refractivity contribution in [2.75, 3.05) is 25.7 Å². The summed E-state index contributed by atoms with van der Waals surface area (Å²) in [6, 6.07) is 0.00172. The zero-order valence-corrected chi connectivity index (χ0v) is 11.0. The lowest BCUT2D eigenvalue weighted by atomic mass is 10.2. The number of hydrogen-bond donors (Lipinski definition) is 2. The van der Waals surface area contributed by atoms with Crippen molar-refractivity contribution in [1.29, 1.82) is 0 Å². The third-order valence-electron chi connectivity index (χ3n) is 2.21. The highest BCUT2D eigenvalue weighted by atomic mass is 35.5. The quantitative estimate of drug-likeness (QED) is 0.569. The number of halogens is 1. The maximum Gasteiger partial charge on any atom is 0.0835 e. The summed E-state index contributed by atoms with van der Waals surface area (Å²) in [5.41, 5.74) is 3.67. The zero-order chi connectivity index (χ0) is 12.0. The van der Waals surface area contributed by atoms with Gasteiger partial charge in [-0.1, -0.05) is 11.6 Å². The smallest absolute Gasteiger partial charge is 0.0835 e. The number of methoxy groups -OCH3 is 1. The first-order valence-electron chi connectivity index (χ1n) is 4.89. The second kappa shape index (κ2) is 7.13. The van der Waals surface area contributed by atoms with E-state index in [1.54, 1.807) is 25.1 Å². The van der Waals surface area contributed by atoms with Crippen molar-refractivity contribution < 1.29 is 4.74 Å². The van der Waals surface area contributed by atoms with E-state index in [9.17, 15) is 0 Å². The van der Waals surface area contributed by atoms with Crippen molar-refractivity contribution in [2.24, 2.45) is 5.84 Å². The fourth-order valence-electron chi connectivity index (χ4n) is 1.45. The summed E-state index contributed by atoms with van der Waals surface area (Å²) in [6.07, 6.45) is 3.66. The Balaban J connectivity index is 2.85. The molecule has 0 fully saturated rings. The first kappa shape index (κ1) is 13.8. The molecule has 0 saturated heterocycles. The third-order valence-corrected chi connectivity index (χ3v) is 3.16. The second-order valence-corrected chi connectivity index (χ2v) is 4.59. The molecule has 16 heavy (non-hydrogen) atoms. The Hall–Kier alpha value is -0.270. The molecule has 0 aromatic carbocycles. The van der Waals surface area contributed by atoms with Gasteiger partial charge < -0.3 is 4.74 Å². The van der Waals surface area contributed by atoms with E-state index in [4.69, 9.17) is 22.2 Å². The summed E-state index contributed by atoms with van der Waals surface area (Å²) >= 11 is 7.80. The van der Waals surface area contributed by atoms with Gasteiger partial charge in [0.15, 0.2) is 0 Å². The molecule has 5 nitrogen and oxygen atoms in total. The number of nitrogens with one attached hydrogen (secondary N) is 1. The van der Waals surface area contributed by atoms with Gasteiger partial charge in [0.05, 0.1) is 36.1 Å². The van der Waals surface area contributed by atoms with Crippen LogP contribution in [0.5, 0.6) is 0 Å².